The molecule has 1 saturated carbocycles. The molecule has 23 heavy (non-hydrogen) atoms. The summed E-state index contributed by atoms with van der Waals surface area (Å²) in [5.41, 5.74) is 1.78. The Morgan fingerprint density at radius 1 is 0.826 bits per heavy atom. The summed E-state index contributed by atoms with van der Waals surface area (Å²) in [5, 5.41) is 9.62. The van der Waals surface area contributed by atoms with Gasteiger partial charge in [-0.05, 0) is 30.7 Å². The van der Waals surface area contributed by atoms with E-state index in [2.05, 4.69) is 0 Å². The van der Waals surface area contributed by atoms with Crippen molar-refractivity contribution in [3.05, 3.63) is 71.8 Å². The zero-order valence-electron chi connectivity index (χ0n) is 12.9. The van der Waals surface area contributed by atoms with E-state index in [1.807, 2.05) is 48.5 Å². The highest BCUT2D eigenvalue weighted by molar-refractivity contribution is 6.00. The SMILES string of the molecule is O=C(c1ccccc1)[C@H]1CC[C@H](c2ccccc2)C[C@H]1C(=O)O. The maximum atomic E-state index is 12.7. The van der Waals surface area contributed by atoms with Gasteiger partial charge in [0.1, 0.15) is 0 Å². The third-order valence-corrected chi connectivity index (χ3v) is 4.83. The minimum atomic E-state index is -0.861. The molecule has 1 N–H and O–H groups in total. The van der Waals surface area contributed by atoms with Gasteiger partial charge >= 0.3 is 5.97 Å². The van der Waals surface area contributed by atoms with Crippen LogP contribution in [-0.4, -0.2) is 16.9 Å². The van der Waals surface area contributed by atoms with Crippen LogP contribution >= 0.6 is 0 Å². The van der Waals surface area contributed by atoms with Crippen molar-refractivity contribution < 1.29 is 14.7 Å². The molecule has 0 aliphatic heterocycles. The van der Waals surface area contributed by atoms with Crippen LogP contribution in [0, 0.1) is 11.8 Å². The van der Waals surface area contributed by atoms with Gasteiger partial charge in [0, 0.05) is 11.5 Å². The van der Waals surface area contributed by atoms with E-state index in [-0.39, 0.29) is 11.7 Å². The van der Waals surface area contributed by atoms with Crippen molar-refractivity contribution in [2.75, 3.05) is 0 Å². The first-order valence-corrected chi connectivity index (χ1v) is 8.04. The molecule has 0 saturated heterocycles. The maximum absolute atomic E-state index is 12.7. The van der Waals surface area contributed by atoms with E-state index >= 15 is 0 Å². The van der Waals surface area contributed by atoms with Gasteiger partial charge in [-0.25, -0.2) is 0 Å². The van der Waals surface area contributed by atoms with Gasteiger partial charge in [-0.3, -0.25) is 9.59 Å². The topological polar surface area (TPSA) is 54.4 Å². The molecular formula is C20H20O3. The predicted molar refractivity (Wildman–Crippen MR) is 88.4 cm³/mol. The third-order valence-electron chi connectivity index (χ3n) is 4.83. The van der Waals surface area contributed by atoms with Crippen molar-refractivity contribution in [2.45, 2.75) is 25.2 Å². The number of hydrogen-bond acceptors (Lipinski definition) is 2. The number of carboxylic acids is 1. The number of aliphatic carboxylic acids is 1. The Labute approximate surface area is 136 Å². The van der Waals surface area contributed by atoms with E-state index in [0.717, 1.165) is 6.42 Å². The molecule has 118 valence electrons. The van der Waals surface area contributed by atoms with Crippen LogP contribution < -0.4 is 0 Å². The molecule has 0 aromatic heterocycles. The van der Waals surface area contributed by atoms with Crippen molar-refractivity contribution in [1.29, 1.82) is 0 Å². The number of benzene rings is 2. The number of hydrogen-bond donors (Lipinski definition) is 1. The monoisotopic (exact) mass is 308 g/mol. The zero-order chi connectivity index (χ0) is 16.2. The van der Waals surface area contributed by atoms with Crippen LogP contribution in [0.2, 0.25) is 0 Å². The molecule has 1 aliphatic carbocycles. The normalized spacial score (nSPS) is 24.1. The maximum Gasteiger partial charge on any atom is 0.307 e. The van der Waals surface area contributed by atoms with Gasteiger partial charge in [0.25, 0.3) is 0 Å². The number of carbonyl (C=O) groups excluding carboxylic acids is 1. The Bertz CT molecular complexity index is 679. The summed E-state index contributed by atoms with van der Waals surface area (Å²) < 4.78 is 0. The summed E-state index contributed by atoms with van der Waals surface area (Å²) in [5.74, 6) is -1.71. The van der Waals surface area contributed by atoms with Crippen molar-refractivity contribution in [1.82, 2.24) is 0 Å². The molecule has 0 radical (unpaired) electrons. The summed E-state index contributed by atoms with van der Waals surface area (Å²) in [7, 11) is 0. The highest BCUT2D eigenvalue weighted by atomic mass is 16.4. The van der Waals surface area contributed by atoms with Crippen LogP contribution in [0.1, 0.15) is 41.1 Å². The molecule has 1 fully saturated rings. The van der Waals surface area contributed by atoms with Crippen LogP contribution in [0.25, 0.3) is 0 Å². The highest BCUT2D eigenvalue weighted by Gasteiger charge is 2.39. The second kappa shape index (κ2) is 6.78. The van der Waals surface area contributed by atoms with Gasteiger partial charge in [0.05, 0.1) is 5.92 Å². The highest BCUT2D eigenvalue weighted by Crippen LogP contribution is 2.41. The van der Waals surface area contributed by atoms with Crippen molar-refractivity contribution in [3.8, 4) is 0 Å². The molecular weight excluding hydrogens is 288 g/mol. The van der Waals surface area contributed by atoms with Crippen LogP contribution in [-0.2, 0) is 4.79 Å². The summed E-state index contributed by atoms with van der Waals surface area (Å²) >= 11 is 0. The van der Waals surface area contributed by atoms with Crippen molar-refractivity contribution in [2.24, 2.45) is 11.8 Å². The van der Waals surface area contributed by atoms with Gasteiger partial charge in [-0.1, -0.05) is 60.7 Å². The van der Waals surface area contributed by atoms with E-state index in [0.29, 0.717) is 18.4 Å². The number of ketones is 1. The van der Waals surface area contributed by atoms with E-state index in [1.54, 1.807) is 12.1 Å². The molecule has 2 aromatic carbocycles. The quantitative estimate of drug-likeness (QED) is 0.863. The summed E-state index contributed by atoms with van der Waals surface area (Å²) in [4.78, 5) is 24.4. The van der Waals surface area contributed by atoms with Crippen LogP contribution in [0.3, 0.4) is 0 Å². The fraction of sp³-hybridized carbons (Fsp3) is 0.300. The first kappa shape index (κ1) is 15.5. The van der Waals surface area contributed by atoms with Crippen LogP contribution in [0.15, 0.2) is 60.7 Å². The number of Topliss-reactive ketones (excluding diaryl/α,β-unsaturated/α-hetero) is 1. The Balaban J connectivity index is 1.81. The standard InChI is InChI=1S/C20H20O3/c21-19(15-9-5-2-6-10-15)17-12-11-16(13-18(17)20(22)23)14-7-3-1-4-8-14/h1-10,16-18H,11-13H2,(H,22,23)/t16-,17-,18+/m0/s1. The van der Waals surface area contributed by atoms with E-state index in [4.69, 9.17) is 0 Å². The molecule has 3 nitrogen and oxygen atoms in total. The number of carboxylic acid groups (broad SMARTS) is 1. The number of rotatable bonds is 4. The minimum absolute atomic E-state index is 0.0375. The minimum Gasteiger partial charge on any atom is -0.481 e. The van der Waals surface area contributed by atoms with E-state index < -0.39 is 17.8 Å². The zero-order valence-corrected chi connectivity index (χ0v) is 12.9. The van der Waals surface area contributed by atoms with Crippen LogP contribution in [0.4, 0.5) is 0 Å². The first-order chi connectivity index (χ1) is 11.2. The first-order valence-electron chi connectivity index (χ1n) is 8.04. The Kier molecular flexibility index (Phi) is 4.56. The lowest BCUT2D eigenvalue weighted by Crippen LogP contribution is -2.35. The second-order valence-corrected chi connectivity index (χ2v) is 6.20. The van der Waals surface area contributed by atoms with E-state index in [9.17, 15) is 14.7 Å². The molecule has 3 heteroatoms. The second-order valence-electron chi connectivity index (χ2n) is 6.20. The largest absolute Gasteiger partial charge is 0.481 e. The van der Waals surface area contributed by atoms with Crippen LogP contribution in [0.5, 0.6) is 0 Å². The third kappa shape index (κ3) is 3.34. The predicted octanol–water partition coefficient (Wildman–Crippen LogP) is 4.15. The fourth-order valence-corrected chi connectivity index (χ4v) is 3.60. The molecule has 2 aromatic rings. The lowest BCUT2D eigenvalue weighted by molar-refractivity contribution is -0.144. The molecule has 0 unspecified atom stereocenters. The molecule has 3 atom stereocenters. The van der Waals surface area contributed by atoms with E-state index in [1.165, 1.54) is 5.56 Å². The Hall–Kier alpha value is -2.42. The molecule has 0 bridgehead atoms. The molecule has 0 amide bonds. The van der Waals surface area contributed by atoms with Gasteiger partial charge in [0.15, 0.2) is 5.78 Å². The molecule has 0 spiro atoms. The molecule has 1 aliphatic rings. The lowest BCUT2D eigenvalue weighted by atomic mass is 9.69. The van der Waals surface area contributed by atoms with Gasteiger partial charge in [-0.15, -0.1) is 0 Å². The van der Waals surface area contributed by atoms with Gasteiger partial charge in [-0.2, -0.15) is 0 Å². The average molecular weight is 308 g/mol. The Morgan fingerprint density at radius 3 is 2.04 bits per heavy atom. The summed E-state index contributed by atoms with van der Waals surface area (Å²) in [6.45, 7) is 0. The lowest BCUT2D eigenvalue weighted by Gasteiger charge is -2.33. The number of carbonyl (C=O) groups is 2. The fourth-order valence-electron chi connectivity index (χ4n) is 3.60. The Morgan fingerprint density at radius 2 is 1.43 bits per heavy atom. The summed E-state index contributed by atoms with van der Waals surface area (Å²) in [6.07, 6.45) is 2.02. The molecule has 0 heterocycles. The molecule has 3 rings (SSSR count). The van der Waals surface area contributed by atoms with Crippen molar-refractivity contribution >= 4 is 11.8 Å². The van der Waals surface area contributed by atoms with Gasteiger partial charge < -0.3 is 5.11 Å². The summed E-state index contributed by atoms with van der Waals surface area (Å²) in [6, 6.07) is 19.0. The average Bonchev–Trinajstić information content (AvgIpc) is 2.62. The van der Waals surface area contributed by atoms with Crippen molar-refractivity contribution in [3.63, 3.8) is 0 Å². The smallest absolute Gasteiger partial charge is 0.307 e. The van der Waals surface area contributed by atoms with Gasteiger partial charge in [0.2, 0.25) is 0 Å².